The summed E-state index contributed by atoms with van der Waals surface area (Å²) in [5, 5.41) is 45.0. The Kier molecular flexibility index (Phi) is 7.40. The van der Waals surface area contributed by atoms with Crippen molar-refractivity contribution in [3.63, 3.8) is 0 Å². The number of rotatable bonds is 6. The second-order valence-corrected chi connectivity index (χ2v) is 15.4. The maximum atomic E-state index is 14.3. The molecule has 4 rings (SSSR count). The molecule has 40 heavy (non-hydrogen) atoms. The van der Waals surface area contributed by atoms with Gasteiger partial charge in [0.15, 0.2) is 5.78 Å². The van der Waals surface area contributed by atoms with E-state index in [-0.39, 0.29) is 36.9 Å². The van der Waals surface area contributed by atoms with Crippen LogP contribution >= 0.6 is 0 Å². The van der Waals surface area contributed by atoms with Crippen molar-refractivity contribution in [3.05, 3.63) is 11.6 Å². The molecule has 8 heteroatoms. The molecular weight excluding hydrogens is 512 g/mol. The zero-order valence-corrected chi connectivity index (χ0v) is 25.7. The first-order valence-corrected chi connectivity index (χ1v) is 14.8. The molecule has 0 saturated heterocycles. The van der Waals surface area contributed by atoms with Gasteiger partial charge in [0, 0.05) is 36.5 Å². The normalized spacial score (nSPS) is 44.0. The maximum Gasteiger partial charge on any atom is 0.303 e. The highest BCUT2D eigenvalue weighted by atomic mass is 16.6. The first-order chi connectivity index (χ1) is 18.1. The van der Waals surface area contributed by atoms with E-state index in [1.165, 1.54) is 13.8 Å². The molecule has 0 unspecified atom stereocenters. The minimum absolute atomic E-state index is 0.0193. The molecule has 4 N–H and O–H groups in total. The monoisotopic (exact) mass is 562 g/mol. The van der Waals surface area contributed by atoms with Gasteiger partial charge in [-0.2, -0.15) is 0 Å². The Labute approximate surface area is 238 Å². The highest BCUT2D eigenvalue weighted by Gasteiger charge is 2.74. The predicted octanol–water partition coefficient (Wildman–Crippen LogP) is 3.52. The number of ketones is 2. The van der Waals surface area contributed by atoms with E-state index < -0.39 is 68.8 Å². The molecule has 226 valence electrons. The Bertz CT molecular complexity index is 1120. The molecule has 3 fully saturated rings. The third-order valence-corrected chi connectivity index (χ3v) is 12.2. The van der Waals surface area contributed by atoms with Crippen molar-refractivity contribution in [2.45, 2.75) is 130 Å². The lowest BCUT2D eigenvalue weighted by Gasteiger charge is -2.65. The number of Topliss-reactive ketones (excluding diaryl/α,β-unsaturated/α-hetero) is 2. The van der Waals surface area contributed by atoms with Crippen molar-refractivity contribution in [3.8, 4) is 0 Å². The third-order valence-electron chi connectivity index (χ3n) is 12.2. The van der Waals surface area contributed by atoms with Gasteiger partial charge in [-0.3, -0.25) is 14.4 Å². The lowest BCUT2D eigenvalue weighted by Crippen LogP contribution is -2.65. The summed E-state index contributed by atoms with van der Waals surface area (Å²) in [7, 11) is 0. The number of aliphatic hydroxyl groups is 4. The van der Waals surface area contributed by atoms with Crippen molar-refractivity contribution in [1.29, 1.82) is 0 Å². The molecule has 0 aromatic heterocycles. The van der Waals surface area contributed by atoms with Gasteiger partial charge in [0.1, 0.15) is 17.0 Å². The van der Waals surface area contributed by atoms with Crippen LogP contribution in [0.5, 0.6) is 0 Å². The molecule has 0 radical (unpaired) electrons. The fourth-order valence-electron chi connectivity index (χ4n) is 9.83. The van der Waals surface area contributed by atoms with Crippen LogP contribution in [0.15, 0.2) is 11.6 Å². The van der Waals surface area contributed by atoms with Crippen LogP contribution < -0.4 is 0 Å². The largest absolute Gasteiger partial charge is 0.460 e. The highest BCUT2D eigenvalue weighted by Crippen LogP contribution is 2.74. The minimum Gasteiger partial charge on any atom is -0.460 e. The lowest BCUT2D eigenvalue weighted by molar-refractivity contribution is -0.188. The molecule has 0 heterocycles. The van der Waals surface area contributed by atoms with Crippen LogP contribution in [0.3, 0.4) is 0 Å². The number of aliphatic hydroxyl groups excluding tert-OH is 3. The minimum atomic E-state index is -1.89. The number of carbonyl (C=O) groups is 3. The van der Waals surface area contributed by atoms with Gasteiger partial charge in [-0.1, -0.05) is 46.3 Å². The van der Waals surface area contributed by atoms with E-state index in [1.807, 2.05) is 27.7 Å². The molecule has 4 aliphatic rings. The standard InChI is InChI=1S/C32H50O8/c1-17(33)40-27(2,3)13-12-23(36)32(9,39)25-21(35)15-29(6)22-11-10-18-19(14-20(34)26(38)28(18,4)5)31(22,8)24(37)16-30(25,29)7/h10,19-22,25-26,34-35,38-39H,11-16H2,1-9H3/t19-,20+,21-,22-,25+,26-,29+,30-,31+,32+/m1/s1. The van der Waals surface area contributed by atoms with E-state index in [1.54, 1.807) is 13.8 Å². The van der Waals surface area contributed by atoms with Gasteiger partial charge in [-0.15, -0.1) is 0 Å². The zero-order chi connectivity index (χ0) is 30.4. The quantitative estimate of drug-likeness (QED) is 0.285. The van der Waals surface area contributed by atoms with Crippen molar-refractivity contribution in [1.82, 2.24) is 0 Å². The fraction of sp³-hybridized carbons (Fsp3) is 0.844. The molecule has 0 aromatic carbocycles. The molecular formula is C32H50O8. The summed E-state index contributed by atoms with van der Waals surface area (Å²) < 4.78 is 5.32. The molecule has 3 saturated carbocycles. The van der Waals surface area contributed by atoms with Crippen LogP contribution in [0.25, 0.3) is 0 Å². The van der Waals surface area contributed by atoms with Crippen molar-refractivity contribution in [2.24, 2.45) is 39.4 Å². The van der Waals surface area contributed by atoms with Gasteiger partial charge in [-0.05, 0) is 69.1 Å². The summed E-state index contributed by atoms with van der Waals surface area (Å²) in [5.74, 6) is -2.15. The van der Waals surface area contributed by atoms with Gasteiger partial charge in [0.2, 0.25) is 0 Å². The SMILES string of the molecule is CC(=O)OC(C)(C)CCC(=O)[C@](C)(O)[C@H]1[C@H](O)C[C@@]2(C)[C@H]3CC=C4[C@@H](C[C@H](O)[C@@H](O)C4(C)C)[C@]3(C)C(=O)C[C@]12C. The van der Waals surface area contributed by atoms with Crippen molar-refractivity contribution in [2.75, 3.05) is 0 Å². The van der Waals surface area contributed by atoms with Crippen LogP contribution in [0.2, 0.25) is 0 Å². The molecule has 10 atom stereocenters. The van der Waals surface area contributed by atoms with Gasteiger partial charge < -0.3 is 25.2 Å². The number of hydrogen-bond acceptors (Lipinski definition) is 8. The first kappa shape index (κ1) is 31.3. The lowest BCUT2D eigenvalue weighted by atomic mass is 9.38. The van der Waals surface area contributed by atoms with Gasteiger partial charge in [0.25, 0.3) is 0 Å². The Hall–Kier alpha value is -1.61. The predicted molar refractivity (Wildman–Crippen MR) is 149 cm³/mol. The second kappa shape index (κ2) is 9.45. The van der Waals surface area contributed by atoms with Crippen LogP contribution in [-0.4, -0.2) is 67.5 Å². The third kappa shape index (κ3) is 4.26. The Balaban J connectivity index is 1.70. The Morgan fingerprint density at radius 1 is 1.02 bits per heavy atom. The summed E-state index contributed by atoms with van der Waals surface area (Å²) in [6.07, 6.45) is 0.776. The topological polar surface area (TPSA) is 141 Å². The number of allylic oxidation sites excluding steroid dienone is 1. The van der Waals surface area contributed by atoms with Gasteiger partial charge >= 0.3 is 5.97 Å². The van der Waals surface area contributed by atoms with Crippen LogP contribution in [0, 0.1) is 39.4 Å². The average Bonchev–Trinajstić information content (AvgIpc) is 3.01. The summed E-state index contributed by atoms with van der Waals surface area (Å²) in [6.45, 7) is 16.1. The zero-order valence-electron chi connectivity index (χ0n) is 25.7. The maximum absolute atomic E-state index is 14.3. The van der Waals surface area contributed by atoms with Crippen molar-refractivity contribution < 1.29 is 39.5 Å². The van der Waals surface area contributed by atoms with E-state index in [2.05, 4.69) is 13.0 Å². The van der Waals surface area contributed by atoms with E-state index in [4.69, 9.17) is 4.74 Å². The van der Waals surface area contributed by atoms with E-state index >= 15 is 0 Å². The van der Waals surface area contributed by atoms with Crippen LogP contribution in [0.1, 0.15) is 101 Å². The number of fused-ring (bicyclic) bond motifs is 5. The van der Waals surface area contributed by atoms with E-state index in [0.717, 1.165) is 5.57 Å². The smallest absolute Gasteiger partial charge is 0.303 e. The Morgan fingerprint density at radius 2 is 1.62 bits per heavy atom. The van der Waals surface area contributed by atoms with E-state index in [0.29, 0.717) is 19.3 Å². The molecule has 8 nitrogen and oxygen atoms in total. The summed E-state index contributed by atoms with van der Waals surface area (Å²) in [5.41, 5.74) is -4.68. The first-order valence-electron chi connectivity index (χ1n) is 14.8. The average molecular weight is 563 g/mol. The van der Waals surface area contributed by atoms with Crippen LogP contribution in [0.4, 0.5) is 0 Å². The van der Waals surface area contributed by atoms with Gasteiger partial charge in [0.05, 0.1) is 18.3 Å². The van der Waals surface area contributed by atoms with Crippen LogP contribution in [-0.2, 0) is 19.1 Å². The number of carbonyl (C=O) groups excluding carboxylic acids is 3. The summed E-state index contributed by atoms with van der Waals surface area (Å²) in [4.78, 5) is 39.4. The van der Waals surface area contributed by atoms with E-state index in [9.17, 15) is 34.8 Å². The van der Waals surface area contributed by atoms with Crippen molar-refractivity contribution >= 4 is 17.5 Å². The Morgan fingerprint density at radius 3 is 2.20 bits per heavy atom. The molecule has 0 amide bonds. The molecule has 0 spiro atoms. The summed E-state index contributed by atoms with van der Waals surface area (Å²) >= 11 is 0. The van der Waals surface area contributed by atoms with Gasteiger partial charge in [-0.25, -0.2) is 0 Å². The highest BCUT2D eigenvalue weighted by molar-refractivity contribution is 5.90. The molecule has 0 bridgehead atoms. The number of hydrogen-bond donors (Lipinski definition) is 4. The summed E-state index contributed by atoms with van der Waals surface area (Å²) in [6, 6.07) is 0. The molecule has 4 aliphatic carbocycles. The number of ether oxygens (including phenoxy) is 1. The molecule has 0 aromatic rings. The fourth-order valence-corrected chi connectivity index (χ4v) is 9.83. The molecule has 0 aliphatic heterocycles. The second-order valence-electron chi connectivity index (χ2n) is 15.4. The number of esters is 1.